The fourth-order valence-electron chi connectivity index (χ4n) is 0. The van der Waals surface area contributed by atoms with Crippen molar-refractivity contribution in [3.8, 4) is 0 Å². The predicted octanol–water partition coefficient (Wildman–Crippen LogP) is 6.72. The van der Waals surface area contributed by atoms with Crippen molar-refractivity contribution in [1.82, 2.24) is 0 Å². The fraction of sp³-hybridized carbons (Fsp3) is 0.500. The Balaban J connectivity index is -0.00000000610. The van der Waals surface area contributed by atoms with E-state index in [0.29, 0.717) is 0 Å². The van der Waals surface area contributed by atoms with Crippen LogP contribution < -0.4 is 0 Å². The average molecular weight is 291 g/mol. The van der Waals surface area contributed by atoms with Crippen LogP contribution in [0.2, 0.25) is 0 Å². The fourth-order valence-corrected chi connectivity index (χ4v) is 0. The largest absolute Gasteiger partial charge is 0.346 e. The maximum atomic E-state index is 3.25. The van der Waals surface area contributed by atoms with Gasteiger partial charge in [-0.1, -0.05) is 0 Å². The van der Waals surface area contributed by atoms with E-state index in [1.807, 2.05) is 0 Å². The van der Waals surface area contributed by atoms with Crippen molar-refractivity contribution in [1.29, 1.82) is 0 Å². The third kappa shape index (κ3) is 13500. The molecule has 0 nitrogen and oxygen atoms in total. The van der Waals surface area contributed by atoms with Crippen LogP contribution in [0.1, 0.15) is 55.4 Å². The number of hydrogen-bond acceptors (Lipinski definition) is 0. The quantitative estimate of drug-likeness (QED) is 0.434. The van der Waals surface area contributed by atoms with Crippen LogP contribution in [0.15, 0.2) is 0 Å². The van der Waals surface area contributed by atoms with E-state index >= 15 is 0 Å². The Morgan fingerprint density at radius 2 is 0.235 bits per heavy atom. The molecule has 0 heterocycles. The first-order valence-electron chi connectivity index (χ1n) is 5.66. The second-order valence-electron chi connectivity index (χ2n) is 0. The molecular formula is C16H40Co-8. The molecule has 0 saturated carbocycles. The second kappa shape index (κ2) is 15500. The zero-order chi connectivity index (χ0) is 16.0. The third-order valence-electron chi connectivity index (χ3n) is 0. The molecule has 0 bridgehead atoms. The smallest absolute Gasteiger partial charge is 0 e. The van der Waals surface area contributed by atoms with Gasteiger partial charge >= 0.3 is 0 Å². The van der Waals surface area contributed by atoms with Crippen molar-refractivity contribution >= 4 is 0 Å². The minimum Gasteiger partial charge on any atom is -0.346 e. The molecule has 0 spiro atoms. The van der Waals surface area contributed by atoms with E-state index in [1.165, 1.54) is 0 Å². The summed E-state index contributed by atoms with van der Waals surface area (Å²) in [5.41, 5.74) is 0. The van der Waals surface area contributed by atoms with Gasteiger partial charge in [0.1, 0.15) is 0 Å². The Labute approximate surface area is 128 Å². The Morgan fingerprint density at radius 3 is 0.235 bits per heavy atom. The summed E-state index contributed by atoms with van der Waals surface area (Å²) in [4.78, 5) is 0. The molecule has 17 heavy (non-hydrogen) atoms. The summed E-state index contributed by atoms with van der Waals surface area (Å²) in [6, 6.07) is 0. The average Bonchev–Trinajstić information content (AvgIpc) is 2.54. The first-order chi connectivity index (χ1) is 8.00. The van der Waals surface area contributed by atoms with Crippen LogP contribution in [-0.2, 0) is 16.8 Å². The Morgan fingerprint density at radius 1 is 0.235 bits per heavy atom. The molecule has 0 N–H and O–H groups in total. The summed E-state index contributed by atoms with van der Waals surface area (Å²) in [6.45, 7) is 40.0. The molecule has 1 radical (unpaired) electrons. The zero-order valence-corrected chi connectivity index (χ0v) is 15.0. The van der Waals surface area contributed by atoms with Crippen LogP contribution >= 0.6 is 0 Å². The molecule has 0 rings (SSSR count). The first kappa shape index (κ1) is 65.9. The number of hydrogen-bond donors (Lipinski definition) is 0. The molecule has 0 atom stereocenters. The van der Waals surface area contributed by atoms with Gasteiger partial charge in [0.05, 0.1) is 0 Å². The van der Waals surface area contributed by atoms with Crippen molar-refractivity contribution in [2.45, 2.75) is 55.4 Å². The van der Waals surface area contributed by atoms with E-state index in [1.54, 1.807) is 55.4 Å². The van der Waals surface area contributed by atoms with Crippen molar-refractivity contribution in [3.05, 3.63) is 55.4 Å². The Bertz CT molecular complexity index is 5.49. The Hall–Kier alpha value is 0.506. The van der Waals surface area contributed by atoms with Crippen LogP contribution in [-0.4, -0.2) is 0 Å². The monoisotopic (exact) mass is 291 g/mol. The normalized spacial score (nSPS) is 2.82. The van der Waals surface area contributed by atoms with Gasteiger partial charge in [-0.25, -0.2) is 0 Å². The van der Waals surface area contributed by atoms with Gasteiger partial charge < -0.3 is 55.4 Å². The second-order valence-corrected chi connectivity index (χ2v) is 0. The topological polar surface area (TPSA) is 0 Å². The molecule has 0 amide bonds. The van der Waals surface area contributed by atoms with Crippen molar-refractivity contribution in [2.24, 2.45) is 0 Å². The summed E-state index contributed by atoms with van der Waals surface area (Å²) >= 11 is 0. The first-order valence-corrected chi connectivity index (χ1v) is 5.66. The van der Waals surface area contributed by atoms with E-state index < -0.39 is 0 Å². The van der Waals surface area contributed by atoms with Gasteiger partial charge in [-0.05, 0) is 0 Å². The van der Waals surface area contributed by atoms with Crippen LogP contribution in [0.25, 0.3) is 0 Å². The maximum absolute atomic E-state index is 3.25. The molecule has 0 saturated heterocycles. The molecule has 121 valence electrons. The van der Waals surface area contributed by atoms with Gasteiger partial charge in [-0.3, -0.25) is 0 Å². The molecular weight excluding hydrogens is 251 g/mol. The van der Waals surface area contributed by atoms with Crippen LogP contribution in [0.5, 0.6) is 0 Å². The molecule has 0 aliphatic carbocycles. The summed E-state index contributed by atoms with van der Waals surface area (Å²) in [6.07, 6.45) is 0. The minimum atomic E-state index is 0. The molecule has 0 aliphatic rings. The van der Waals surface area contributed by atoms with Gasteiger partial charge in [-0.2, -0.15) is 55.4 Å². The van der Waals surface area contributed by atoms with Gasteiger partial charge in [0.25, 0.3) is 0 Å². The molecule has 0 aromatic carbocycles. The van der Waals surface area contributed by atoms with Gasteiger partial charge in [0.15, 0.2) is 0 Å². The molecule has 0 fully saturated rings. The third-order valence-corrected chi connectivity index (χ3v) is 0. The summed E-state index contributed by atoms with van der Waals surface area (Å²) in [7, 11) is 0. The molecule has 0 aromatic rings. The SMILES string of the molecule is [CH2-]C.[CH2-]C.[CH2-]C.[CH2-]C.[CH2-]C.[CH2-]C.[CH2-]C.[CH2-]C.[Co]. The van der Waals surface area contributed by atoms with E-state index in [0.717, 1.165) is 0 Å². The molecule has 0 aliphatic heterocycles. The van der Waals surface area contributed by atoms with Crippen molar-refractivity contribution in [3.63, 3.8) is 0 Å². The summed E-state index contributed by atoms with van der Waals surface area (Å²) in [5.74, 6) is 0. The van der Waals surface area contributed by atoms with E-state index in [2.05, 4.69) is 55.4 Å². The van der Waals surface area contributed by atoms with E-state index in [-0.39, 0.29) is 16.8 Å². The summed E-state index contributed by atoms with van der Waals surface area (Å²) < 4.78 is 0. The van der Waals surface area contributed by atoms with Crippen LogP contribution in [0.3, 0.4) is 0 Å². The zero-order valence-electron chi connectivity index (χ0n) is 14.0. The summed E-state index contributed by atoms with van der Waals surface area (Å²) in [5, 5.41) is 0. The van der Waals surface area contributed by atoms with Gasteiger partial charge in [0, 0.05) is 16.8 Å². The van der Waals surface area contributed by atoms with Gasteiger partial charge in [-0.15, -0.1) is 0 Å². The van der Waals surface area contributed by atoms with E-state index in [4.69, 9.17) is 0 Å². The van der Waals surface area contributed by atoms with E-state index in [9.17, 15) is 0 Å². The van der Waals surface area contributed by atoms with Crippen LogP contribution in [0, 0.1) is 55.4 Å². The Kier molecular flexibility index (Phi) is 60000. The van der Waals surface area contributed by atoms with Gasteiger partial charge in [0.2, 0.25) is 0 Å². The van der Waals surface area contributed by atoms with Crippen molar-refractivity contribution < 1.29 is 16.8 Å². The molecule has 0 aromatic heterocycles. The maximum Gasteiger partial charge on any atom is 0 e. The molecule has 1 heteroatoms. The van der Waals surface area contributed by atoms with Crippen molar-refractivity contribution in [2.75, 3.05) is 0 Å². The van der Waals surface area contributed by atoms with Crippen LogP contribution in [0.4, 0.5) is 0 Å². The minimum absolute atomic E-state index is 0. The standard InChI is InChI=1S/8C2H5.Co/c8*1-2;/h8*1H2,2H3;/q8*-1;. The molecule has 0 unspecified atom stereocenters. The number of rotatable bonds is 0. The predicted molar refractivity (Wildman–Crippen MR) is 88.2 cm³/mol.